The van der Waals surface area contributed by atoms with Crippen LogP contribution in [-0.4, -0.2) is 58.9 Å². The second-order valence-corrected chi connectivity index (χ2v) is 6.70. The number of ether oxygens (including phenoxy) is 1. The van der Waals surface area contributed by atoms with E-state index in [1.807, 2.05) is 0 Å². The molecule has 10 heteroatoms. The average Bonchev–Trinajstić information content (AvgIpc) is 3.31. The summed E-state index contributed by atoms with van der Waals surface area (Å²) in [4.78, 5) is 43.6. The predicted molar refractivity (Wildman–Crippen MR) is 107 cm³/mol. The monoisotopic (exact) mass is 411 g/mol. The number of aromatic nitrogens is 2. The van der Waals surface area contributed by atoms with Crippen molar-refractivity contribution in [3.05, 3.63) is 64.6 Å². The average molecular weight is 411 g/mol. The maximum Gasteiger partial charge on any atom is 0.281 e. The molecule has 0 atom stereocenters. The van der Waals surface area contributed by atoms with E-state index in [2.05, 4.69) is 15.6 Å². The van der Waals surface area contributed by atoms with Gasteiger partial charge in [0.15, 0.2) is 5.65 Å². The van der Waals surface area contributed by atoms with Crippen molar-refractivity contribution < 1.29 is 18.7 Å². The highest BCUT2D eigenvalue weighted by molar-refractivity contribution is 5.99. The van der Waals surface area contributed by atoms with Crippen molar-refractivity contribution in [1.29, 1.82) is 0 Å². The van der Waals surface area contributed by atoms with Crippen LogP contribution in [0.1, 0.15) is 16.1 Å². The Morgan fingerprint density at radius 2 is 2.00 bits per heavy atom. The van der Waals surface area contributed by atoms with Gasteiger partial charge in [0.2, 0.25) is 5.91 Å². The summed E-state index contributed by atoms with van der Waals surface area (Å²) in [6.45, 7) is 2.29. The van der Waals surface area contributed by atoms with Gasteiger partial charge in [0, 0.05) is 19.3 Å². The molecule has 0 unspecified atom stereocenters. The summed E-state index contributed by atoms with van der Waals surface area (Å²) in [6, 6.07) is 6.68. The summed E-state index contributed by atoms with van der Waals surface area (Å²) >= 11 is 0. The third-order valence-electron chi connectivity index (χ3n) is 4.77. The molecular formula is C20H21N5O5. The molecule has 1 aliphatic heterocycles. The second-order valence-electron chi connectivity index (χ2n) is 6.70. The molecule has 2 amide bonds. The Morgan fingerprint density at radius 1 is 1.17 bits per heavy atom. The minimum atomic E-state index is -0.393. The van der Waals surface area contributed by atoms with Gasteiger partial charge in [0.25, 0.3) is 11.5 Å². The third-order valence-corrected chi connectivity index (χ3v) is 4.77. The molecule has 3 aromatic heterocycles. The van der Waals surface area contributed by atoms with Crippen molar-refractivity contribution in [1.82, 2.24) is 19.6 Å². The summed E-state index contributed by atoms with van der Waals surface area (Å²) in [5.74, 6) is 0.124. The molecule has 2 N–H and O–H groups in total. The molecule has 0 saturated carbocycles. The van der Waals surface area contributed by atoms with Crippen LogP contribution in [0.25, 0.3) is 5.65 Å². The van der Waals surface area contributed by atoms with Crippen LogP contribution in [0.4, 0.5) is 5.69 Å². The van der Waals surface area contributed by atoms with Gasteiger partial charge in [-0.1, -0.05) is 0 Å². The Hall–Kier alpha value is -3.66. The third kappa shape index (κ3) is 4.18. The zero-order valence-corrected chi connectivity index (χ0v) is 16.2. The highest BCUT2D eigenvalue weighted by atomic mass is 16.5. The van der Waals surface area contributed by atoms with Gasteiger partial charge in [-0.2, -0.15) is 0 Å². The lowest BCUT2D eigenvalue weighted by atomic mass is 10.2. The van der Waals surface area contributed by atoms with Gasteiger partial charge < -0.3 is 24.7 Å². The lowest BCUT2D eigenvalue weighted by Gasteiger charge is -2.26. The molecule has 1 fully saturated rings. The van der Waals surface area contributed by atoms with E-state index in [9.17, 15) is 14.4 Å². The molecule has 156 valence electrons. The SMILES string of the molecule is O=C(NCc1ccco1)c1cccn2c(=O)c(NCC(=O)N3CCOCC3)cnc12. The lowest BCUT2D eigenvalue weighted by Crippen LogP contribution is -2.43. The van der Waals surface area contributed by atoms with Crippen molar-refractivity contribution in [2.24, 2.45) is 0 Å². The number of nitrogens with one attached hydrogen (secondary N) is 2. The smallest absolute Gasteiger partial charge is 0.281 e. The number of carbonyl (C=O) groups is 2. The fraction of sp³-hybridized carbons (Fsp3) is 0.300. The molecule has 1 saturated heterocycles. The van der Waals surface area contributed by atoms with E-state index in [0.717, 1.165) is 0 Å². The van der Waals surface area contributed by atoms with Gasteiger partial charge in [0.05, 0.1) is 44.3 Å². The summed E-state index contributed by atoms with van der Waals surface area (Å²) in [5.41, 5.74) is 0.277. The Bertz CT molecular complexity index is 1100. The summed E-state index contributed by atoms with van der Waals surface area (Å²) in [5, 5.41) is 5.59. The van der Waals surface area contributed by atoms with Crippen LogP contribution in [0.15, 0.2) is 52.1 Å². The first-order chi connectivity index (χ1) is 14.6. The topological polar surface area (TPSA) is 118 Å². The first-order valence-corrected chi connectivity index (χ1v) is 9.54. The summed E-state index contributed by atoms with van der Waals surface area (Å²) < 4.78 is 11.7. The van der Waals surface area contributed by atoms with E-state index in [0.29, 0.717) is 32.1 Å². The Morgan fingerprint density at radius 3 is 2.77 bits per heavy atom. The van der Waals surface area contributed by atoms with Crippen LogP contribution in [0.3, 0.4) is 0 Å². The van der Waals surface area contributed by atoms with Crippen LogP contribution >= 0.6 is 0 Å². The van der Waals surface area contributed by atoms with Gasteiger partial charge in [-0.3, -0.25) is 18.8 Å². The number of rotatable bonds is 6. The number of carbonyl (C=O) groups excluding carboxylic acids is 2. The fourth-order valence-corrected chi connectivity index (χ4v) is 3.18. The van der Waals surface area contributed by atoms with Crippen molar-refractivity contribution in [2.45, 2.75) is 6.54 Å². The number of nitrogens with zero attached hydrogens (tertiary/aromatic N) is 3. The molecule has 3 aromatic rings. The number of hydrogen-bond donors (Lipinski definition) is 2. The van der Waals surface area contributed by atoms with Gasteiger partial charge >= 0.3 is 0 Å². The molecule has 1 aliphatic rings. The molecule has 0 radical (unpaired) electrons. The van der Waals surface area contributed by atoms with E-state index in [4.69, 9.17) is 9.15 Å². The summed E-state index contributed by atoms with van der Waals surface area (Å²) in [7, 11) is 0. The summed E-state index contributed by atoms with van der Waals surface area (Å²) in [6.07, 6.45) is 4.40. The molecule has 10 nitrogen and oxygen atoms in total. The zero-order chi connectivity index (χ0) is 20.9. The van der Waals surface area contributed by atoms with Crippen LogP contribution in [-0.2, 0) is 16.1 Å². The van der Waals surface area contributed by atoms with Crippen molar-refractivity contribution in [2.75, 3.05) is 38.2 Å². The molecule has 0 aliphatic carbocycles. The number of hydrogen-bond acceptors (Lipinski definition) is 7. The maximum absolute atomic E-state index is 12.8. The predicted octanol–water partition coefficient (Wildman–Crippen LogP) is 0.488. The first-order valence-electron chi connectivity index (χ1n) is 9.54. The van der Waals surface area contributed by atoms with Crippen molar-refractivity contribution in [3.63, 3.8) is 0 Å². The minimum Gasteiger partial charge on any atom is -0.467 e. The number of fused-ring (bicyclic) bond motifs is 1. The first kappa shape index (κ1) is 19.6. The largest absolute Gasteiger partial charge is 0.467 e. The fourth-order valence-electron chi connectivity index (χ4n) is 3.18. The molecule has 0 bridgehead atoms. The van der Waals surface area contributed by atoms with Gasteiger partial charge in [-0.05, 0) is 24.3 Å². The number of anilines is 1. The van der Waals surface area contributed by atoms with Gasteiger partial charge in [0.1, 0.15) is 11.4 Å². The van der Waals surface area contributed by atoms with Crippen molar-refractivity contribution >= 4 is 23.1 Å². The number of morpholine rings is 1. The Labute approximate surface area is 171 Å². The lowest BCUT2D eigenvalue weighted by molar-refractivity contribution is -0.133. The van der Waals surface area contributed by atoms with E-state index >= 15 is 0 Å². The number of amides is 2. The normalized spacial score (nSPS) is 13.9. The molecule has 4 rings (SSSR count). The standard InChI is InChI=1S/C20H21N5O5/c26-17(24-6-9-29-10-7-24)13-21-16-12-22-18-15(4-1-5-25(18)20(16)28)19(27)23-11-14-3-2-8-30-14/h1-5,8,12,21H,6-7,9-11,13H2,(H,23,27). The minimum absolute atomic E-state index is 0.0215. The molecule has 0 spiro atoms. The molecule has 30 heavy (non-hydrogen) atoms. The molecule has 4 heterocycles. The van der Waals surface area contributed by atoms with Gasteiger partial charge in [-0.15, -0.1) is 0 Å². The van der Waals surface area contributed by atoms with Crippen LogP contribution in [0.2, 0.25) is 0 Å². The van der Waals surface area contributed by atoms with Crippen LogP contribution in [0.5, 0.6) is 0 Å². The Kier molecular flexibility index (Phi) is 5.75. The quantitative estimate of drug-likeness (QED) is 0.606. The van der Waals surface area contributed by atoms with Gasteiger partial charge in [-0.25, -0.2) is 4.98 Å². The van der Waals surface area contributed by atoms with E-state index in [1.54, 1.807) is 29.2 Å². The van der Waals surface area contributed by atoms with Crippen LogP contribution < -0.4 is 16.2 Å². The Balaban J connectivity index is 1.49. The van der Waals surface area contributed by atoms with E-state index < -0.39 is 5.56 Å². The highest BCUT2D eigenvalue weighted by Gasteiger charge is 2.18. The number of pyridine rings is 1. The van der Waals surface area contributed by atoms with Crippen LogP contribution in [0, 0.1) is 0 Å². The van der Waals surface area contributed by atoms with E-state index in [1.165, 1.54) is 23.1 Å². The highest BCUT2D eigenvalue weighted by Crippen LogP contribution is 2.10. The van der Waals surface area contributed by atoms with E-state index in [-0.39, 0.29) is 41.8 Å². The number of furan rings is 1. The zero-order valence-electron chi connectivity index (χ0n) is 16.2. The molecule has 0 aromatic carbocycles. The second kappa shape index (κ2) is 8.78. The molecular weight excluding hydrogens is 390 g/mol. The van der Waals surface area contributed by atoms with Crippen molar-refractivity contribution in [3.8, 4) is 0 Å². The maximum atomic E-state index is 12.8.